The van der Waals surface area contributed by atoms with Crippen molar-refractivity contribution in [3.8, 4) is 5.75 Å². The fourth-order valence-corrected chi connectivity index (χ4v) is 3.59. The highest BCUT2D eigenvalue weighted by molar-refractivity contribution is 9.11. The number of benzene rings is 1. The molecule has 0 fully saturated rings. The fraction of sp³-hybridized carbons (Fsp3) is 0.333. The molecule has 1 atom stereocenters. The molecule has 0 radical (unpaired) electrons. The largest absolute Gasteiger partial charge is 0.493 e. The van der Waals surface area contributed by atoms with E-state index in [4.69, 9.17) is 4.74 Å². The van der Waals surface area contributed by atoms with Crippen molar-refractivity contribution in [2.45, 2.75) is 25.4 Å². The highest BCUT2D eigenvalue weighted by Crippen LogP contribution is 2.29. The molecule has 0 saturated carbocycles. The van der Waals surface area contributed by atoms with E-state index in [0.717, 1.165) is 41.0 Å². The Hall–Kier alpha value is -0.840. The molecule has 1 aliphatic rings. The highest BCUT2D eigenvalue weighted by atomic mass is 79.9. The molecule has 2 nitrogen and oxygen atoms in total. The van der Waals surface area contributed by atoms with Gasteiger partial charge in [0.25, 0.3) is 0 Å². The van der Waals surface area contributed by atoms with Crippen LogP contribution in [0.15, 0.2) is 33.4 Å². The van der Waals surface area contributed by atoms with Crippen LogP contribution in [-0.2, 0) is 12.8 Å². The molecule has 1 aromatic carbocycles. The first-order chi connectivity index (χ1) is 9.22. The van der Waals surface area contributed by atoms with Crippen LogP contribution in [0, 0.1) is 0 Å². The van der Waals surface area contributed by atoms with Crippen molar-refractivity contribution in [3.63, 3.8) is 0 Å². The van der Waals surface area contributed by atoms with Gasteiger partial charge < -0.3 is 9.84 Å². The van der Waals surface area contributed by atoms with Gasteiger partial charge in [-0.2, -0.15) is 0 Å². The molecule has 4 heteroatoms. The lowest BCUT2D eigenvalue weighted by molar-refractivity contribution is 0.168. The Morgan fingerprint density at radius 3 is 3.05 bits per heavy atom. The van der Waals surface area contributed by atoms with E-state index in [1.165, 1.54) is 11.1 Å². The number of halogens is 1. The molecular weight excluding hydrogens is 324 g/mol. The summed E-state index contributed by atoms with van der Waals surface area (Å²) in [6.07, 6.45) is 2.26. The second-order valence-corrected chi connectivity index (χ2v) is 7.07. The zero-order valence-corrected chi connectivity index (χ0v) is 12.8. The smallest absolute Gasteiger partial charge is 0.122 e. The number of aliphatic hydroxyl groups excluding tert-OH is 1. The Balaban J connectivity index is 1.63. The first kappa shape index (κ1) is 13.2. The predicted octanol–water partition coefficient (Wildman–Crippen LogP) is 4.11. The standard InChI is InChI=1S/C15H15BrO2S/c16-15-8-12(9-19-15)13(17)3-1-10-2-4-14-11(7-10)5-6-18-14/h2,4,7-9,13,17H,1,3,5-6H2. The van der Waals surface area contributed by atoms with Gasteiger partial charge >= 0.3 is 0 Å². The Kier molecular flexibility index (Phi) is 3.91. The SMILES string of the molecule is OC(CCc1ccc2c(c1)CCO2)c1csc(Br)c1. The van der Waals surface area contributed by atoms with Crippen molar-refractivity contribution >= 4 is 27.3 Å². The third kappa shape index (κ3) is 3.02. The molecule has 1 N–H and O–H groups in total. The summed E-state index contributed by atoms with van der Waals surface area (Å²) >= 11 is 5.03. The van der Waals surface area contributed by atoms with E-state index < -0.39 is 0 Å². The third-order valence-electron chi connectivity index (χ3n) is 3.43. The van der Waals surface area contributed by atoms with Crippen LogP contribution < -0.4 is 4.74 Å². The van der Waals surface area contributed by atoms with E-state index in [-0.39, 0.29) is 6.10 Å². The van der Waals surface area contributed by atoms with Crippen molar-refractivity contribution in [2.24, 2.45) is 0 Å². The first-order valence-corrected chi connectivity index (χ1v) is 8.06. The Morgan fingerprint density at radius 1 is 1.37 bits per heavy atom. The minimum atomic E-state index is -0.382. The van der Waals surface area contributed by atoms with Crippen molar-refractivity contribution in [1.29, 1.82) is 0 Å². The van der Waals surface area contributed by atoms with Crippen LogP contribution in [0.4, 0.5) is 0 Å². The van der Waals surface area contributed by atoms with Gasteiger partial charge in [-0.05, 0) is 63.0 Å². The molecule has 19 heavy (non-hydrogen) atoms. The Morgan fingerprint density at radius 2 is 2.26 bits per heavy atom. The molecule has 1 aliphatic heterocycles. The van der Waals surface area contributed by atoms with Gasteiger partial charge in [0.1, 0.15) is 5.75 Å². The zero-order chi connectivity index (χ0) is 13.2. The van der Waals surface area contributed by atoms with Crippen LogP contribution in [-0.4, -0.2) is 11.7 Å². The summed E-state index contributed by atoms with van der Waals surface area (Å²) in [5.74, 6) is 1.02. The third-order valence-corrected chi connectivity index (χ3v) is 4.96. The number of ether oxygens (including phenoxy) is 1. The van der Waals surface area contributed by atoms with Crippen molar-refractivity contribution < 1.29 is 9.84 Å². The maximum Gasteiger partial charge on any atom is 0.122 e. The van der Waals surface area contributed by atoms with Crippen LogP contribution in [0.1, 0.15) is 29.2 Å². The molecule has 1 aromatic heterocycles. The van der Waals surface area contributed by atoms with E-state index in [1.54, 1.807) is 11.3 Å². The van der Waals surface area contributed by atoms with Gasteiger partial charge in [0, 0.05) is 6.42 Å². The van der Waals surface area contributed by atoms with Crippen molar-refractivity contribution in [3.05, 3.63) is 50.1 Å². The quantitative estimate of drug-likeness (QED) is 0.908. The van der Waals surface area contributed by atoms with Crippen LogP contribution in [0.25, 0.3) is 0 Å². The fourth-order valence-electron chi connectivity index (χ4n) is 2.36. The molecule has 0 amide bonds. The van der Waals surface area contributed by atoms with Crippen LogP contribution in [0.3, 0.4) is 0 Å². The topological polar surface area (TPSA) is 29.5 Å². The van der Waals surface area contributed by atoms with Gasteiger partial charge in [0.15, 0.2) is 0 Å². The van der Waals surface area contributed by atoms with E-state index in [2.05, 4.69) is 28.1 Å². The first-order valence-electron chi connectivity index (χ1n) is 6.39. The molecular formula is C15H15BrO2S. The lowest BCUT2D eigenvalue weighted by atomic mass is 10.0. The number of hydrogen-bond donors (Lipinski definition) is 1. The number of hydrogen-bond acceptors (Lipinski definition) is 3. The van der Waals surface area contributed by atoms with Gasteiger partial charge in [-0.1, -0.05) is 12.1 Å². The monoisotopic (exact) mass is 338 g/mol. The van der Waals surface area contributed by atoms with Crippen molar-refractivity contribution in [2.75, 3.05) is 6.61 Å². The average molecular weight is 339 g/mol. The number of aryl methyl sites for hydroxylation is 1. The molecule has 0 aliphatic carbocycles. The Labute approximate surface area is 125 Å². The van der Waals surface area contributed by atoms with Gasteiger partial charge in [-0.15, -0.1) is 11.3 Å². The summed E-state index contributed by atoms with van der Waals surface area (Å²) in [5.41, 5.74) is 3.57. The van der Waals surface area contributed by atoms with E-state index in [0.29, 0.717) is 0 Å². The van der Waals surface area contributed by atoms with Gasteiger partial charge in [0.2, 0.25) is 0 Å². The second-order valence-electron chi connectivity index (χ2n) is 4.78. The minimum Gasteiger partial charge on any atom is -0.493 e. The highest BCUT2D eigenvalue weighted by Gasteiger charge is 2.13. The molecule has 0 spiro atoms. The lowest BCUT2D eigenvalue weighted by Crippen LogP contribution is -1.98. The van der Waals surface area contributed by atoms with Crippen molar-refractivity contribution in [1.82, 2.24) is 0 Å². The van der Waals surface area contributed by atoms with Crippen LogP contribution >= 0.6 is 27.3 Å². The summed E-state index contributed by atoms with van der Waals surface area (Å²) in [6, 6.07) is 8.34. The lowest BCUT2D eigenvalue weighted by Gasteiger charge is -2.09. The molecule has 1 unspecified atom stereocenters. The molecule has 100 valence electrons. The number of thiophene rings is 1. The Bertz CT molecular complexity index is 579. The molecule has 3 rings (SSSR count). The minimum absolute atomic E-state index is 0.382. The van der Waals surface area contributed by atoms with E-state index in [9.17, 15) is 5.11 Å². The molecule has 0 bridgehead atoms. The van der Waals surface area contributed by atoms with Gasteiger partial charge in [0.05, 0.1) is 16.5 Å². The average Bonchev–Trinajstić information content (AvgIpc) is 3.03. The summed E-state index contributed by atoms with van der Waals surface area (Å²) in [7, 11) is 0. The number of aliphatic hydroxyl groups is 1. The summed E-state index contributed by atoms with van der Waals surface area (Å²) in [4.78, 5) is 0. The summed E-state index contributed by atoms with van der Waals surface area (Å²) in [6.45, 7) is 0.796. The van der Waals surface area contributed by atoms with Crippen LogP contribution in [0.2, 0.25) is 0 Å². The summed E-state index contributed by atoms with van der Waals surface area (Å²) < 4.78 is 6.56. The number of fused-ring (bicyclic) bond motifs is 1. The normalized spacial score (nSPS) is 15.1. The number of rotatable bonds is 4. The molecule has 2 aromatic rings. The predicted molar refractivity (Wildman–Crippen MR) is 80.9 cm³/mol. The zero-order valence-electron chi connectivity index (χ0n) is 10.4. The maximum absolute atomic E-state index is 10.1. The molecule has 2 heterocycles. The van der Waals surface area contributed by atoms with E-state index >= 15 is 0 Å². The van der Waals surface area contributed by atoms with Crippen LogP contribution in [0.5, 0.6) is 5.75 Å². The van der Waals surface area contributed by atoms with E-state index in [1.807, 2.05) is 17.5 Å². The van der Waals surface area contributed by atoms with Gasteiger partial charge in [-0.3, -0.25) is 0 Å². The molecule has 0 saturated heterocycles. The maximum atomic E-state index is 10.1. The summed E-state index contributed by atoms with van der Waals surface area (Å²) in [5, 5.41) is 12.2. The second kappa shape index (κ2) is 5.65. The van der Waals surface area contributed by atoms with Gasteiger partial charge in [-0.25, -0.2) is 0 Å².